The van der Waals surface area contributed by atoms with Crippen molar-refractivity contribution in [1.29, 1.82) is 5.26 Å². The first-order valence-electron chi connectivity index (χ1n) is 6.08. The third kappa shape index (κ3) is 2.83. The number of ether oxygens (including phenoxy) is 2. The Kier molecular flexibility index (Phi) is 4.11. The van der Waals surface area contributed by atoms with Crippen LogP contribution in [0.4, 0.5) is 0 Å². The highest BCUT2D eigenvalue weighted by Gasteiger charge is 2.08. The molecule has 0 bridgehead atoms. The Bertz CT molecular complexity index is 677. The topological polar surface area (TPSA) is 55.4 Å². The van der Waals surface area contributed by atoms with E-state index in [1.165, 1.54) is 0 Å². The number of hydrogen-bond acceptors (Lipinski definition) is 4. The van der Waals surface area contributed by atoms with Gasteiger partial charge >= 0.3 is 0 Å². The summed E-state index contributed by atoms with van der Waals surface area (Å²) in [6.07, 6.45) is 1.70. The van der Waals surface area contributed by atoms with E-state index in [0.717, 1.165) is 11.3 Å². The predicted octanol–water partition coefficient (Wildman–Crippen LogP) is 3.67. The van der Waals surface area contributed by atoms with Gasteiger partial charge in [-0.3, -0.25) is 0 Å². The fourth-order valence-corrected chi connectivity index (χ4v) is 1.86. The molecular formula is C16H15NO3. The van der Waals surface area contributed by atoms with Crippen LogP contribution in [0.5, 0.6) is 11.5 Å². The average molecular weight is 269 g/mol. The monoisotopic (exact) mass is 269 g/mol. The van der Waals surface area contributed by atoms with Crippen LogP contribution in [0.25, 0.3) is 11.6 Å². The summed E-state index contributed by atoms with van der Waals surface area (Å²) < 4.78 is 15.9. The van der Waals surface area contributed by atoms with Gasteiger partial charge in [-0.25, -0.2) is 0 Å². The molecule has 1 aromatic heterocycles. The molecule has 0 aliphatic rings. The molecule has 0 atom stereocenters. The normalized spacial score (nSPS) is 11.0. The van der Waals surface area contributed by atoms with Gasteiger partial charge in [0.05, 0.1) is 25.9 Å². The molecular weight excluding hydrogens is 254 g/mol. The molecule has 0 radical (unpaired) electrons. The molecule has 0 unspecified atom stereocenters. The van der Waals surface area contributed by atoms with Gasteiger partial charge in [0.1, 0.15) is 11.5 Å². The SMILES string of the molecule is COc1ccc(C(C#N)=Cc2ccc(C)o2)cc1OC. The van der Waals surface area contributed by atoms with E-state index in [0.29, 0.717) is 22.8 Å². The molecule has 2 rings (SSSR count). The van der Waals surface area contributed by atoms with Crippen molar-refractivity contribution in [1.82, 2.24) is 0 Å². The van der Waals surface area contributed by atoms with Crippen molar-refractivity contribution in [3.63, 3.8) is 0 Å². The molecule has 0 fully saturated rings. The number of rotatable bonds is 4. The molecule has 4 nitrogen and oxygen atoms in total. The molecule has 0 aliphatic carbocycles. The van der Waals surface area contributed by atoms with E-state index in [4.69, 9.17) is 13.9 Å². The van der Waals surface area contributed by atoms with Crippen molar-refractivity contribution in [2.75, 3.05) is 14.2 Å². The first-order valence-corrected chi connectivity index (χ1v) is 6.08. The standard InChI is InChI=1S/C16H15NO3/c1-11-4-6-14(20-11)8-13(10-17)12-5-7-15(18-2)16(9-12)19-3/h4-9H,1-3H3. The highest BCUT2D eigenvalue weighted by atomic mass is 16.5. The molecule has 1 heterocycles. The Morgan fingerprint density at radius 1 is 1.15 bits per heavy atom. The van der Waals surface area contributed by atoms with Crippen molar-refractivity contribution in [2.45, 2.75) is 6.92 Å². The van der Waals surface area contributed by atoms with E-state index in [-0.39, 0.29) is 0 Å². The second kappa shape index (κ2) is 5.98. The fourth-order valence-electron chi connectivity index (χ4n) is 1.86. The van der Waals surface area contributed by atoms with E-state index in [1.54, 1.807) is 32.4 Å². The van der Waals surface area contributed by atoms with E-state index in [9.17, 15) is 5.26 Å². The maximum absolute atomic E-state index is 9.31. The third-order valence-corrected chi connectivity index (χ3v) is 2.86. The lowest BCUT2D eigenvalue weighted by Gasteiger charge is -2.08. The van der Waals surface area contributed by atoms with Gasteiger partial charge in [-0.2, -0.15) is 5.26 Å². The zero-order valence-corrected chi connectivity index (χ0v) is 11.6. The third-order valence-electron chi connectivity index (χ3n) is 2.86. The van der Waals surface area contributed by atoms with Crippen molar-refractivity contribution in [3.05, 3.63) is 47.4 Å². The number of hydrogen-bond donors (Lipinski definition) is 0. The molecule has 0 N–H and O–H groups in total. The van der Waals surface area contributed by atoms with Crippen LogP contribution in [-0.2, 0) is 0 Å². The Balaban J connectivity index is 2.42. The summed E-state index contributed by atoms with van der Waals surface area (Å²) in [6, 6.07) is 11.2. The van der Waals surface area contributed by atoms with Gasteiger partial charge in [0.25, 0.3) is 0 Å². The van der Waals surface area contributed by atoms with E-state index in [1.807, 2.05) is 25.1 Å². The largest absolute Gasteiger partial charge is 0.493 e. The van der Waals surface area contributed by atoms with Gasteiger partial charge < -0.3 is 13.9 Å². The van der Waals surface area contributed by atoms with Crippen LogP contribution in [0.2, 0.25) is 0 Å². The Labute approximate surface area is 117 Å². The fraction of sp³-hybridized carbons (Fsp3) is 0.188. The Morgan fingerprint density at radius 2 is 1.90 bits per heavy atom. The molecule has 0 aliphatic heterocycles. The molecule has 4 heteroatoms. The smallest absolute Gasteiger partial charge is 0.161 e. The number of methoxy groups -OCH3 is 2. The summed E-state index contributed by atoms with van der Waals surface area (Å²) in [5.41, 5.74) is 1.25. The van der Waals surface area contributed by atoms with Crippen LogP contribution in [0, 0.1) is 18.3 Å². The number of nitrogens with zero attached hydrogens (tertiary/aromatic N) is 1. The minimum Gasteiger partial charge on any atom is -0.493 e. The number of benzene rings is 1. The van der Waals surface area contributed by atoms with Crippen molar-refractivity contribution in [3.8, 4) is 17.6 Å². The predicted molar refractivity (Wildman–Crippen MR) is 76.5 cm³/mol. The zero-order chi connectivity index (χ0) is 14.5. The minimum absolute atomic E-state index is 0.500. The lowest BCUT2D eigenvalue weighted by atomic mass is 10.1. The molecule has 0 spiro atoms. The highest BCUT2D eigenvalue weighted by molar-refractivity contribution is 5.89. The first kappa shape index (κ1) is 13.8. The maximum atomic E-state index is 9.31. The summed E-state index contributed by atoms with van der Waals surface area (Å²) in [5.74, 6) is 2.67. The molecule has 0 amide bonds. The minimum atomic E-state index is 0.500. The summed E-state index contributed by atoms with van der Waals surface area (Å²) in [7, 11) is 3.14. The average Bonchev–Trinajstić information content (AvgIpc) is 2.89. The van der Waals surface area contributed by atoms with Gasteiger partial charge in [0.2, 0.25) is 0 Å². The second-order valence-corrected chi connectivity index (χ2v) is 4.19. The second-order valence-electron chi connectivity index (χ2n) is 4.19. The van der Waals surface area contributed by atoms with E-state index < -0.39 is 0 Å². The van der Waals surface area contributed by atoms with Crippen LogP contribution < -0.4 is 9.47 Å². The van der Waals surface area contributed by atoms with Crippen molar-refractivity contribution in [2.24, 2.45) is 0 Å². The lowest BCUT2D eigenvalue weighted by Crippen LogP contribution is -1.92. The quantitative estimate of drug-likeness (QED) is 0.795. The molecule has 102 valence electrons. The molecule has 0 saturated heterocycles. The van der Waals surface area contributed by atoms with Gasteiger partial charge in [-0.15, -0.1) is 0 Å². The van der Waals surface area contributed by atoms with Gasteiger partial charge in [-0.05, 0) is 48.9 Å². The summed E-state index contributed by atoms with van der Waals surface area (Å²) in [5, 5.41) is 9.31. The molecule has 0 saturated carbocycles. The van der Waals surface area contributed by atoms with Gasteiger partial charge in [-0.1, -0.05) is 0 Å². The molecule has 20 heavy (non-hydrogen) atoms. The summed E-state index contributed by atoms with van der Waals surface area (Å²) in [6.45, 7) is 1.86. The van der Waals surface area contributed by atoms with E-state index >= 15 is 0 Å². The lowest BCUT2D eigenvalue weighted by molar-refractivity contribution is 0.355. The number of nitriles is 1. The zero-order valence-electron chi connectivity index (χ0n) is 11.6. The Hall–Kier alpha value is -2.67. The molecule has 2 aromatic rings. The number of allylic oxidation sites excluding steroid dienone is 1. The molecule has 1 aromatic carbocycles. The van der Waals surface area contributed by atoms with Crippen LogP contribution in [-0.4, -0.2) is 14.2 Å². The van der Waals surface area contributed by atoms with Crippen molar-refractivity contribution < 1.29 is 13.9 Å². The van der Waals surface area contributed by atoms with Crippen LogP contribution in [0.1, 0.15) is 17.1 Å². The first-order chi connectivity index (χ1) is 9.67. The van der Waals surface area contributed by atoms with Gasteiger partial charge in [0.15, 0.2) is 11.5 Å². The van der Waals surface area contributed by atoms with Crippen molar-refractivity contribution >= 4 is 11.6 Å². The number of aryl methyl sites for hydroxylation is 1. The van der Waals surface area contributed by atoms with Crippen LogP contribution >= 0.6 is 0 Å². The summed E-state index contributed by atoms with van der Waals surface area (Å²) in [4.78, 5) is 0. The van der Waals surface area contributed by atoms with Crippen LogP contribution in [0.15, 0.2) is 34.7 Å². The van der Waals surface area contributed by atoms with Gasteiger partial charge in [0, 0.05) is 0 Å². The van der Waals surface area contributed by atoms with E-state index in [2.05, 4.69) is 6.07 Å². The number of furan rings is 1. The summed E-state index contributed by atoms with van der Waals surface area (Å²) >= 11 is 0. The maximum Gasteiger partial charge on any atom is 0.161 e. The Morgan fingerprint density at radius 3 is 2.45 bits per heavy atom. The van der Waals surface area contributed by atoms with Crippen LogP contribution in [0.3, 0.4) is 0 Å². The highest BCUT2D eigenvalue weighted by Crippen LogP contribution is 2.30.